The Morgan fingerprint density at radius 1 is 1.38 bits per heavy atom. The van der Waals surface area contributed by atoms with E-state index in [1.165, 1.54) is 19.2 Å². The summed E-state index contributed by atoms with van der Waals surface area (Å²) in [6.07, 6.45) is 2.31. The number of sulfonamides is 1. The fourth-order valence-electron chi connectivity index (χ4n) is 2.44. The van der Waals surface area contributed by atoms with Crippen molar-refractivity contribution in [1.82, 2.24) is 9.62 Å². The average Bonchev–Trinajstić information content (AvgIpc) is 2.99. The fraction of sp³-hybridized carbons (Fsp3) is 0.571. The van der Waals surface area contributed by atoms with Gasteiger partial charge in [-0.05, 0) is 51.1 Å². The predicted octanol–water partition coefficient (Wildman–Crippen LogP) is 1.60. The second kappa shape index (κ2) is 6.72. The number of hydrogen-bond acceptors (Lipinski definition) is 4. The molecule has 0 spiro atoms. The van der Waals surface area contributed by atoms with Gasteiger partial charge in [-0.3, -0.25) is 4.90 Å². The van der Waals surface area contributed by atoms with Crippen LogP contribution in [0.25, 0.3) is 0 Å². The van der Waals surface area contributed by atoms with Gasteiger partial charge in [0, 0.05) is 12.6 Å². The average molecular weight is 316 g/mol. The van der Waals surface area contributed by atoms with Crippen LogP contribution in [-0.2, 0) is 10.0 Å². The van der Waals surface area contributed by atoms with Crippen LogP contribution in [-0.4, -0.2) is 46.1 Å². The van der Waals surface area contributed by atoms with E-state index in [1.54, 1.807) is 0 Å². The largest absolute Gasteiger partial charge is 0.494 e. The van der Waals surface area contributed by atoms with Gasteiger partial charge in [0.15, 0.2) is 11.6 Å². The Bertz CT molecular complexity index is 586. The molecule has 1 aliphatic rings. The van der Waals surface area contributed by atoms with Gasteiger partial charge < -0.3 is 4.74 Å². The normalized spacial score (nSPS) is 17.9. The lowest BCUT2D eigenvalue weighted by Crippen LogP contribution is -2.40. The van der Waals surface area contributed by atoms with Gasteiger partial charge in [-0.2, -0.15) is 0 Å². The standard InChI is InChI=1S/C14H21FN2O3S/c1-11(17-7-3-4-8-17)10-16-21(18,19)12-5-6-14(20-2)13(15)9-12/h5-6,9,11,16H,3-4,7-8,10H2,1-2H3. The monoisotopic (exact) mass is 316 g/mol. The molecule has 7 heteroatoms. The van der Waals surface area contributed by atoms with Crippen LogP contribution in [0.2, 0.25) is 0 Å². The lowest BCUT2D eigenvalue weighted by Gasteiger charge is -2.23. The van der Waals surface area contributed by atoms with E-state index in [2.05, 4.69) is 9.62 Å². The third kappa shape index (κ3) is 3.93. The Balaban J connectivity index is 2.02. The molecule has 1 aromatic carbocycles. The Morgan fingerprint density at radius 2 is 2.05 bits per heavy atom. The molecule has 0 radical (unpaired) electrons. The van der Waals surface area contributed by atoms with E-state index >= 15 is 0 Å². The smallest absolute Gasteiger partial charge is 0.240 e. The van der Waals surface area contributed by atoms with Gasteiger partial charge in [-0.25, -0.2) is 17.5 Å². The van der Waals surface area contributed by atoms with Crippen LogP contribution >= 0.6 is 0 Å². The molecule has 0 bridgehead atoms. The SMILES string of the molecule is COc1ccc(S(=O)(=O)NCC(C)N2CCCC2)cc1F. The van der Waals surface area contributed by atoms with E-state index in [0.717, 1.165) is 32.0 Å². The van der Waals surface area contributed by atoms with Crippen LogP contribution in [0.3, 0.4) is 0 Å². The van der Waals surface area contributed by atoms with Gasteiger partial charge in [0.25, 0.3) is 0 Å². The number of rotatable bonds is 6. The van der Waals surface area contributed by atoms with E-state index < -0.39 is 15.8 Å². The van der Waals surface area contributed by atoms with Crippen LogP contribution < -0.4 is 9.46 Å². The molecule has 0 saturated carbocycles. The molecular formula is C14H21FN2O3S. The quantitative estimate of drug-likeness (QED) is 0.866. The number of benzene rings is 1. The maximum absolute atomic E-state index is 13.6. The van der Waals surface area contributed by atoms with Gasteiger partial charge in [-0.15, -0.1) is 0 Å². The van der Waals surface area contributed by atoms with Crippen molar-refractivity contribution in [2.24, 2.45) is 0 Å². The summed E-state index contributed by atoms with van der Waals surface area (Å²) in [7, 11) is -2.37. The van der Waals surface area contributed by atoms with E-state index in [-0.39, 0.29) is 16.7 Å². The third-order valence-electron chi connectivity index (χ3n) is 3.77. The molecule has 1 saturated heterocycles. The number of nitrogens with zero attached hydrogens (tertiary/aromatic N) is 1. The van der Waals surface area contributed by atoms with Crippen molar-refractivity contribution in [3.8, 4) is 5.75 Å². The highest BCUT2D eigenvalue weighted by Gasteiger charge is 2.21. The van der Waals surface area contributed by atoms with Crippen LogP contribution in [0.15, 0.2) is 23.1 Å². The first-order valence-corrected chi connectivity index (χ1v) is 8.49. The first-order valence-electron chi connectivity index (χ1n) is 7.01. The lowest BCUT2D eigenvalue weighted by molar-refractivity contribution is 0.260. The fourth-order valence-corrected chi connectivity index (χ4v) is 3.57. The second-order valence-electron chi connectivity index (χ2n) is 5.24. The first kappa shape index (κ1) is 16.2. The maximum Gasteiger partial charge on any atom is 0.240 e. The van der Waals surface area contributed by atoms with Crippen molar-refractivity contribution < 1.29 is 17.5 Å². The van der Waals surface area contributed by atoms with Crippen LogP contribution in [0, 0.1) is 5.82 Å². The first-order chi connectivity index (χ1) is 9.94. The molecule has 118 valence electrons. The zero-order chi connectivity index (χ0) is 15.5. The molecule has 0 amide bonds. The molecule has 1 fully saturated rings. The predicted molar refractivity (Wildman–Crippen MR) is 78.4 cm³/mol. The van der Waals surface area contributed by atoms with E-state index in [9.17, 15) is 12.8 Å². The summed E-state index contributed by atoms with van der Waals surface area (Å²) in [6, 6.07) is 3.76. The third-order valence-corrected chi connectivity index (χ3v) is 5.19. The highest BCUT2D eigenvalue weighted by molar-refractivity contribution is 7.89. The molecule has 1 unspecified atom stereocenters. The molecule has 1 N–H and O–H groups in total. The molecule has 1 heterocycles. The summed E-state index contributed by atoms with van der Waals surface area (Å²) in [4.78, 5) is 2.16. The highest BCUT2D eigenvalue weighted by atomic mass is 32.2. The van der Waals surface area contributed by atoms with Gasteiger partial charge >= 0.3 is 0 Å². The number of hydrogen-bond donors (Lipinski definition) is 1. The molecule has 0 aliphatic carbocycles. The molecule has 2 rings (SSSR count). The number of ether oxygens (including phenoxy) is 1. The molecule has 1 atom stereocenters. The zero-order valence-electron chi connectivity index (χ0n) is 12.3. The van der Waals surface area contributed by atoms with Crippen molar-refractivity contribution in [1.29, 1.82) is 0 Å². The van der Waals surface area contributed by atoms with E-state index in [1.807, 2.05) is 6.92 Å². The minimum atomic E-state index is -3.70. The molecule has 1 aromatic rings. The number of methoxy groups -OCH3 is 1. The Kier molecular flexibility index (Phi) is 5.18. The summed E-state index contributed by atoms with van der Waals surface area (Å²) in [5, 5.41) is 0. The van der Waals surface area contributed by atoms with Crippen LogP contribution in [0.5, 0.6) is 5.75 Å². The lowest BCUT2D eigenvalue weighted by atomic mass is 10.3. The summed E-state index contributed by atoms with van der Waals surface area (Å²) in [5.74, 6) is -0.660. The molecule has 21 heavy (non-hydrogen) atoms. The Labute approximate surface area is 125 Å². The minimum absolute atomic E-state index is 0.0272. The maximum atomic E-state index is 13.6. The van der Waals surface area contributed by atoms with Crippen LogP contribution in [0.1, 0.15) is 19.8 Å². The Morgan fingerprint density at radius 3 is 2.62 bits per heavy atom. The van der Waals surface area contributed by atoms with Crippen molar-refractivity contribution >= 4 is 10.0 Å². The van der Waals surface area contributed by atoms with Gasteiger partial charge in [0.1, 0.15) is 0 Å². The van der Waals surface area contributed by atoms with Crippen molar-refractivity contribution in [2.75, 3.05) is 26.7 Å². The molecule has 0 aromatic heterocycles. The van der Waals surface area contributed by atoms with E-state index in [0.29, 0.717) is 6.54 Å². The zero-order valence-corrected chi connectivity index (χ0v) is 13.1. The minimum Gasteiger partial charge on any atom is -0.494 e. The van der Waals surface area contributed by atoms with Gasteiger partial charge in [-0.1, -0.05) is 0 Å². The van der Waals surface area contributed by atoms with Crippen molar-refractivity contribution in [2.45, 2.75) is 30.7 Å². The Hall–Kier alpha value is -1.18. The summed E-state index contributed by atoms with van der Waals surface area (Å²) < 4.78 is 45.3. The van der Waals surface area contributed by atoms with Gasteiger partial charge in [0.05, 0.1) is 12.0 Å². The topological polar surface area (TPSA) is 58.6 Å². The summed E-state index contributed by atoms with van der Waals surface area (Å²) in [6.45, 7) is 4.30. The van der Waals surface area contributed by atoms with Crippen molar-refractivity contribution in [3.05, 3.63) is 24.0 Å². The summed E-state index contributed by atoms with van der Waals surface area (Å²) >= 11 is 0. The molecule has 1 aliphatic heterocycles. The molecule has 5 nitrogen and oxygen atoms in total. The number of nitrogens with one attached hydrogen (secondary N) is 1. The van der Waals surface area contributed by atoms with Crippen LogP contribution in [0.4, 0.5) is 4.39 Å². The molecular weight excluding hydrogens is 295 g/mol. The second-order valence-corrected chi connectivity index (χ2v) is 7.01. The van der Waals surface area contributed by atoms with E-state index in [4.69, 9.17) is 4.74 Å². The number of likely N-dealkylation sites (tertiary alicyclic amines) is 1. The number of halogens is 1. The van der Waals surface area contributed by atoms with Crippen molar-refractivity contribution in [3.63, 3.8) is 0 Å². The van der Waals surface area contributed by atoms with Gasteiger partial charge in [0.2, 0.25) is 10.0 Å². The highest BCUT2D eigenvalue weighted by Crippen LogP contribution is 2.20. The summed E-state index contributed by atoms with van der Waals surface area (Å²) in [5.41, 5.74) is 0.